The molecule has 0 aromatic heterocycles. The number of rotatable bonds is 9. The fourth-order valence-electron chi connectivity index (χ4n) is 2.99. The first-order chi connectivity index (χ1) is 14.5. The molecule has 1 N–H and O–H groups in total. The molecule has 0 saturated carbocycles. The summed E-state index contributed by atoms with van der Waals surface area (Å²) in [5, 5.41) is 9.91. The van der Waals surface area contributed by atoms with Crippen molar-refractivity contribution < 1.29 is 29.0 Å². The van der Waals surface area contributed by atoms with Crippen LogP contribution in [0.2, 0.25) is 0 Å². The molecule has 30 heavy (non-hydrogen) atoms. The van der Waals surface area contributed by atoms with Gasteiger partial charge in [-0.2, -0.15) is 0 Å². The van der Waals surface area contributed by atoms with Crippen LogP contribution in [0.5, 0.6) is 11.5 Å². The number of carboxylic acids is 1. The van der Waals surface area contributed by atoms with E-state index in [1.807, 2.05) is 21.6 Å². The van der Waals surface area contributed by atoms with Gasteiger partial charge in [-0.3, -0.25) is 4.79 Å². The number of carboxylic acid groups (broad SMARTS) is 1. The van der Waals surface area contributed by atoms with Crippen LogP contribution in [0, 0.1) is 0 Å². The molecule has 2 aromatic carbocycles. The Hall–Kier alpha value is -2.45. The third-order valence-electron chi connectivity index (χ3n) is 4.54. The van der Waals surface area contributed by atoms with Crippen molar-refractivity contribution in [1.29, 1.82) is 0 Å². The molecule has 1 atom stereocenters. The highest BCUT2D eigenvalue weighted by Crippen LogP contribution is 2.39. The lowest BCUT2D eigenvalue weighted by molar-refractivity contribution is -0.134. The number of ether oxygens (including phenoxy) is 2. The molecular weight excluding hydrogens is 424 g/mol. The van der Waals surface area contributed by atoms with Crippen LogP contribution in [0.1, 0.15) is 52.8 Å². The van der Waals surface area contributed by atoms with E-state index in [1.165, 1.54) is 36.4 Å². The first-order valence-electron chi connectivity index (χ1n) is 9.67. The summed E-state index contributed by atoms with van der Waals surface area (Å²) in [5.74, 6) is -1.17. The Morgan fingerprint density at radius 3 is 2.27 bits per heavy atom. The number of unbranched alkanes of at least 4 members (excludes halogenated alkanes) is 1. The van der Waals surface area contributed by atoms with Gasteiger partial charge in [-0.1, -0.05) is 52.3 Å². The quantitative estimate of drug-likeness (QED) is 0.243. The molecule has 0 radical (unpaired) electrons. The smallest absolute Gasteiger partial charge is 0.347 e. The summed E-state index contributed by atoms with van der Waals surface area (Å²) in [4.78, 5) is 36.1. The van der Waals surface area contributed by atoms with E-state index in [2.05, 4.69) is 0 Å². The SMILES string of the molecule is O=C(CCCC[C@H]1CCSS1)Oc1ccccc1C(=O)Oc1ccccc1C(=O)O. The maximum absolute atomic E-state index is 12.6. The third kappa shape index (κ3) is 6.27. The van der Waals surface area contributed by atoms with E-state index >= 15 is 0 Å². The second kappa shape index (κ2) is 11.1. The summed E-state index contributed by atoms with van der Waals surface area (Å²) in [6.07, 6.45) is 4.29. The number of hydrogen-bond donors (Lipinski definition) is 1. The van der Waals surface area contributed by atoms with E-state index in [-0.39, 0.29) is 29.0 Å². The molecule has 2 aromatic rings. The number of para-hydroxylation sites is 2. The van der Waals surface area contributed by atoms with Gasteiger partial charge in [-0.05, 0) is 43.5 Å². The van der Waals surface area contributed by atoms with Gasteiger partial charge in [0.15, 0.2) is 0 Å². The van der Waals surface area contributed by atoms with Crippen molar-refractivity contribution in [2.45, 2.75) is 37.4 Å². The standard InChI is InChI=1S/C22H22O6S2/c23-20(12-6-1-7-15-13-14-29-30-15)27-19-11-5-3-9-17(19)22(26)28-18-10-4-2-8-16(18)21(24)25/h2-5,8-11,15H,1,6-7,12-14H2,(H,24,25)/t15-/m0/s1. The summed E-state index contributed by atoms with van der Waals surface area (Å²) in [7, 11) is 3.83. The molecular formula is C22H22O6S2. The van der Waals surface area contributed by atoms with Gasteiger partial charge in [0.1, 0.15) is 22.6 Å². The van der Waals surface area contributed by atoms with Crippen molar-refractivity contribution in [3.05, 3.63) is 59.7 Å². The monoisotopic (exact) mass is 446 g/mol. The predicted molar refractivity (Wildman–Crippen MR) is 117 cm³/mol. The average Bonchev–Trinajstić information content (AvgIpc) is 3.25. The van der Waals surface area contributed by atoms with Crippen molar-refractivity contribution >= 4 is 39.5 Å². The largest absolute Gasteiger partial charge is 0.478 e. The number of aromatic carboxylic acids is 1. The molecule has 8 heteroatoms. The Balaban J connectivity index is 1.57. The van der Waals surface area contributed by atoms with Crippen LogP contribution in [0.3, 0.4) is 0 Å². The lowest BCUT2D eigenvalue weighted by atomic mass is 10.1. The first-order valence-corrected chi connectivity index (χ1v) is 12.1. The van der Waals surface area contributed by atoms with Crippen molar-refractivity contribution in [3.8, 4) is 11.5 Å². The number of carbonyl (C=O) groups is 3. The average molecular weight is 447 g/mol. The summed E-state index contributed by atoms with van der Waals surface area (Å²) < 4.78 is 10.6. The molecule has 0 bridgehead atoms. The highest BCUT2D eigenvalue weighted by atomic mass is 33.1. The molecule has 0 aliphatic carbocycles. The van der Waals surface area contributed by atoms with Gasteiger partial charge in [0.25, 0.3) is 0 Å². The molecule has 0 unspecified atom stereocenters. The van der Waals surface area contributed by atoms with E-state index in [0.29, 0.717) is 5.25 Å². The van der Waals surface area contributed by atoms with Crippen LogP contribution in [0.4, 0.5) is 0 Å². The van der Waals surface area contributed by atoms with Gasteiger partial charge < -0.3 is 14.6 Å². The van der Waals surface area contributed by atoms with E-state index in [0.717, 1.165) is 19.3 Å². The second-order valence-corrected chi connectivity index (χ2v) is 9.52. The molecule has 1 aliphatic rings. The van der Waals surface area contributed by atoms with Gasteiger partial charge >= 0.3 is 17.9 Å². The number of esters is 2. The normalized spacial score (nSPS) is 15.5. The molecule has 1 saturated heterocycles. The van der Waals surface area contributed by atoms with E-state index in [4.69, 9.17) is 9.47 Å². The number of carbonyl (C=O) groups excluding carboxylic acids is 2. The van der Waals surface area contributed by atoms with Gasteiger partial charge in [0.05, 0.1) is 0 Å². The molecule has 0 spiro atoms. The molecule has 1 aliphatic heterocycles. The van der Waals surface area contributed by atoms with Gasteiger partial charge in [0, 0.05) is 17.4 Å². The van der Waals surface area contributed by atoms with Crippen LogP contribution in [-0.4, -0.2) is 34.0 Å². The highest BCUT2D eigenvalue weighted by Gasteiger charge is 2.20. The molecule has 3 rings (SSSR count). The lowest BCUT2D eigenvalue weighted by Gasteiger charge is -2.11. The van der Waals surface area contributed by atoms with E-state index < -0.39 is 17.9 Å². The topological polar surface area (TPSA) is 89.9 Å². The van der Waals surface area contributed by atoms with Crippen LogP contribution >= 0.6 is 21.6 Å². The van der Waals surface area contributed by atoms with Crippen LogP contribution in [0.25, 0.3) is 0 Å². The zero-order valence-corrected chi connectivity index (χ0v) is 17.9. The fourth-order valence-corrected chi connectivity index (χ4v) is 6.02. The van der Waals surface area contributed by atoms with Gasteiger partial charge in [0.2, 0.25) is 0 Å². The minimum Gasteiger partial charge on any atom is -0.478 e. The van der Waals surface area contributed by atoms with Crippen molar-refractivity contribution in [2.75, 3.05) is 5.75 Å². The maximum Gasteiger partial charge on any atom is 0.347 e. The first kappa shape index (κ1) is 22.2. The van der Waals surface area contributed by atoms with Gasteiger partial charge in [-0.15, -0.1) is 0 Å². The van der Waals surface area contributed by atoms with E-state index in [1.54, 1.807) is 24.3 Å². The summed E-state index contributed by atoms with van der Waals surface area (Å²) >= 11 is 0. The maximum atomic E-state index is 12.6. The Bertz CT molecular complexity index is 908. The zero-order valence-electron chi connectivity index (χ0n) is 16.2. The molecule has 1 fully saturated rings. The minimum absolute atomic E-state index is 0.0606. The Labute approximate surface area is 182 Å². The van der Waals surface area contributed by atoms with Crippen LogP contribution in [-0.2, 0) is 4.79 Å². The predicted octanol–water partition coefficient (Wildman–Crippen LogP) is 5.22. The van der Waals surface area contributed by atoms with Crippen molar-refractivity contribution in [3.63, 3.8) is 0 Å². The molecule has 0 amide bonds. The summed E-state index contributed by atoms with van der Waals surface area (Å²) in [6.45, 7) is 0. The summed E-state index contributed by atoms with van der Waals surface area (Å²) in [6, 6.07) is 12.1. The number of benzene rings is 2. The van der Waals surface area contributed by atoms with Crippen LogP contribution in [0.15, 0.2) is 48.5 Å². The van der Waals surface area contributed by atoms with Crippen molar-refractivity contribution in [1.82, 2.24) is 0 Å². The summed E-state index contributed by atoms with van der Waals surface area (Å²) in [5.41, 5.74) is -0.0652. The molecule has 158 valence electrons. The Morgan fingerprint density at radius 1 is 0.933 bits per heavy atom. The third-order valence-corrected chi connectivity index (χ3v) is 7.54. The fraction of sp³-hybridized carbons (Fsp3) is 0.318. The zero-order chi connectivity index (χ0) is 21.3. The van der Waals surface area contributed by atoms with Gasteiger partial charge in [-0.25, -0.2) is 9.59 Å². The Morgan fingerprint density at radius 2 is 1.60 bits per heavy atom. The highest BCUT2D eigenvalue weighted by molar-refractivity contribution is 8.77. The van der Waals surface area contributed by atoms with E-state index in [9.17, 15) is 19.5 Å². The van der Waals surface area contributed by atoms with Crippen molar-refractivity contribution in [2.24, 2.45) is 0 Å². The molecule has 6 nitrogen and oxygen atoms in total. The minimum atomic E-state index is -1.20. The van der Waals surface area contributed by atoms with Crippen LogP contribution < -0.4 is 9.47 Å². The lowest BCUT2D eigenvalue weighted by Crippen LogP contribution is -2.15. The Kier molecular flexibility index (Phi) is 8.21. The number of hydrogen-bond acceptors (Lipinski definition) is 7. The second-order valence-electron chi connectivity index (χ2n) is 6.74. The molecule has 1 heterocycles.